The number of hydrogen-bond acceptors (Lipinski definition) is 2. The van der Waals surface area contributed by atoms with E-state index in [-0.39, 0.29) is 5.92 Å². The molecule has 0 aliphatic heterocycles. The minimum absolute atomic E-state index is 0.307. The van der Waals surface area contributed by atoms with Crippen LogP contribution in [-0.2, 0) is 9.53 Å². The summed E-state index contributed by atoms with van der Waals surface area (Å²) in [5.41, 5.74) is 4.10. The lowest BCUT2D eigenvalue weighted by Crippen LogP contribution is -2.49. The summed E-state index contributed by atoms with van der Waals surface area (Å²) in [6, 6.07) is 21.0. The van der Waals surface area contributed by atoms with E-state index in [1.807, 2.05) is 13.2 Å². The monoisotopic (exact) mass is 476 g/mol. The Balaban J connectivity index is 2.50. The zero-order valence-electron chi connectivity index (χ0n) is 22.5. The SMILES string of the molecule is CCCC[C@@]1(OC)C(c2ccccc2)=C([Si](C(C)C)(C(C)C)C(C)C)C(=O)[C@H]1c1ccccc1. The predicted molar refractivity (Wildman–Crippen MR) is 148 cm³/mol. The van der Waals surface area contributed by atoms with Crippen LogP contribution >= 0.6 is 0 Å². The van der Waals surface area contributed by atoms with Crippen LogP contribution in [0.1, 0.15) is 84.8 Å². The molecule has 0 amide bonds. The summed E-state index contributed by atoms with van der Waals surface area (Å²) in [7, 11) is -0.445. The van der Waals surface area contributed by atoms with E-state index in [1.54, 1.807) is 0 Å². The Kier molecular flexibility index (Phi) is 8.41. The maximum Gasteiger partial charge on any atom is 0.166 e. The van der Waals surface area contributed by atoms with Gasteiger partial charge in [-0.3, -0.25) is 4.79 Å². The van der Waals surface area contributed by atoms with Gasteiger partial charge >= 0.3 is 0 Å². The molecule has 2 aromatic rings. The molecule has 0 N–H and O–H groups in total. The molecule has 0 saturated heterocycles. The van der Waals surface area contributed by atoms with E-state index in [2.05, 4.69) is 103 Å². The first-order valence-electron chi connectivity index (χ1n) is 13.1. The van der Waals surface area contributed by atoms with Gasteiger partial charge in [-0.15, -0.1) is 0 Å². The molecule has 0 heterocycles. The van der Waals surface area contributed by atoms with Crippen LogP contribution < -0.4 is 0 Å². The maximum atomic E-state index is 14.9. The fraction of sp³-hybridized carbons (Fsp3) is 0.516. The Bertz CT molecular complexity index is 969. The number of methoxy groups -OCH3 is 1. The minimum atomic E-state index is -2.27. The van der Waals surface area contributed by atoms with E-state index < -0.39 is 13.7 Å². The molecule has 0 aromatic heterocycles. The molecule has 34 heavy (non-hydrogen) atoms. The Morgan fingerprint density at radius 3 is 1.79 bits per heavy atom. The van der Waals surface area contributed by atoms with Gasteiger partial charge in [0.05, 0.1) is 14.0 Å². The van der Waals surface area contributed by atoms with Gasteiger partial charge in [-0.25, -0.2) is 0 Å². The van der Waals surface area contributed by atoms with Crippen LogP contribution in [0.25, 0.3) is 5.57 Å². The van der Waals surface area contributed by atoms with E-state index in [0.717, 1.165) is 35.6 Å². The standard InChI is InChI=1S/C31H44O2Si/c1-9-10-21-31(33-8)27(25-17-13-11-14-18-25)29(32)30(28(31)26-19-15-12-16-20-26)34(22(2)3,23(4)5)24(6)7/h11-20,22-24,27H,9-10,21H2,1-8H3/t27-,31+/m1/s1. The lowest BCUT2D eigenvalue weighted by atomic mass is 9.75. The zero-order valence-corrected chi connectivity index (χ0v) is 23.5. The van der Waals surface area contributed by atoms with Crippen molar-refractivity contribution in [2.75, 3.05) is 7.11 Å². The van der Waals surface area contributed by atoms with Crippen molar-refractivity contribution in [3.05, 3.63) is 77.0 Å². The Morgan fingerprint density at radius 2 is 1.35 bits per heavy atom. The van der Waals surface area contributed by atoms with Crippen LogP contribution in [-0.4, -0.2) is 26.6 Å². The fourth-order valence-corrected chi connectivity index (χ4v) is 14.3. The normalized spacial score (nSPS) is 21.4. The highest BCUT2D eigenvalue weighted by atomic mass is 28.3. The summed E-state index contributed by atoms with van der Waals surface area (Å²) < 4.78 is 6.61. The molecular formula is C31H44O2Si. The van der Waals surface area contributed by atoms with Crippen molar-refractivity contribution in [2.24, 2.45) is 0 Å². The molecule has 2 atom stereocenters. The molecule has 1 aliphatic rings. The first-order valence-corrected chi connectivity index (χ1v) is 15.4. The van der Waals surface area contributed by atoms with Crippen molar-refractivity contribution in [3.63, 3.8) is 0 Å². The third-order valence-electron chi connectivity index (χ3n) is 8.41. The van der Waals surface area contributed by atoms with Gasteiger partial charge in [-0.1, -0.05) is 122 Å². The van der Waals surface area contributed by atoms with Crippen molar-refractivity contribution < 1.29 is 9.53 Å². The van der Waals surface area contributed by atoms with Crippen LogP contribution in [0, 0.1) is 0 Å². The van der Waals surface area contributed by atoms with Gasteiger partial charge in [0.25, 0.3) is 0 Å². The largest absolute Gasteiger partial charge is 0.372 e. The highest BCUT2D eigenvalue weighted by molar-refractivity contribution is 6.94. The zero-order chi connectivity index (χ0) is 25.1. The lowest BCUT2D eigenvalue weighted by Gasteiger charge is -2.45. The molecule has 0 saturated carbocycles. The molecule has 0 bridgehead atoms. The molecule has 3 rings (SSSR count). The van der Waals surface area contributed by atoms with Crippen molar-refractivity contribution in [2.45, 2.75) is 95.9 Å². The van der Waals surface area contributed by atoms with Crippen molar-refractivity contribution in [1.82, 2.24) is 0 Å². The Morgan fingerprint density at radius 1 is 0.853 bits per heavy atom. The number of unbranched alkanes of at least 4 members (excludes halogenated alkanes) is 1. The van der Waals surface area contributed by atoms with Crippen molar-refractivity contribution >= 4 is 19.4 Å². The summed E-state index contributed by atoms with van der Waals surface area (Å²) in [6.45, 7) is 16.3. The number of allylic oxidation sites excluding steroid dienone is 1. The van der Waals surface area contributed by atoms with Gasteiger partial charge in [0.2, 0.25) is 0 Å². The topological polar surface area (TPSA) is 26.3 Å². The maximum absolute atomic E-state index is 14.9. The summed E-state index contributed by atoms with van der Waals surface area (Å²) >= 11 is 0. The average Bonchev–Trinajstić information content (AvgIpc) is 3.07. The second-order valence-corrected chi connectivity index (χ2v) is 16.7. The lowest BCUT2D eigenvalue weighted by molar-refractivity contribution is -0.120. The van der Waals surface area contributed by atoms with Gasteiger partial charge in [0, 0.05) is 7.11 Å². The van der Waals surface area contributed by atoms with E-state index in [4.69, 9.17) is 4.74 Å². The van der Waals surface area contributed by atoms with Crippen LogP contribution in [0.5, 0.6) is 0 Å². The predicted octanol–water partition coefficient (Wildman–Crippen LogP) is 8.60. The third-order valence-corrected chi connectivity index (χ3v) is 15.5. The molecule has 1 aliphatic carbocycles. The number of carbonyl (C=O) groups excluding carboxylic acids is 1. The quantitative estimate of drug-likeness (QED) is 0.321. The molecule has 0 spiro atoms. The molecule has 3 heteroatoms. The average molecular weight is 477 g/mol. The van der Waals surface area contributed by atoms with Crippen LogP contribution in [0.15, 0.2) is 65.9 Å². The highest BCUT2D eigenvalue weighted by Crippen LogP contribution is 2.60. The Labute approximate surface area is 208 Å². The number of ketones is 1. The van der Waals surface area contributed by atoms with Crippen LogP contribution in [0.4, 0.5) is 0 Å². The first-order chi connectivity index (χ1) is 16.2. The molecule has 2 aromatic carbocycles. The second kappa shape index (κ2) is 10.7. The number of hydrogen-bond donors (Lipinski definition) is 0. The van der Waals surface area contributed by atoms with Crippen molar-refractivity contribution in [3.8, 4) is 0 Å². The second-order valence-electron chi connectivity index (χ2n) is 10.9. The number of rotatable bonds is 10. The van der Waals surface area contributed by atoms with E-state index in [1.165, 1.54) is 5.57 Å². The number of Topliss-reactive ketones (excluding diaryl/α,β-unsaturated/α-hetero) is 1. The third kappa shape index (κ3) is 4.16. The summed E-state index contributed by atoms with van der Waals surface area (Å²) in [5, 5.41) is 1.14. The fourth-order valence-electron chi connectivity index (χ4n) is 7.22. The first kappa shape index (κ1) is 26.6. The summed E-state index contributed by atoms with van der Waals surface area (Å²) in [6.07, 6.45) is 2.94. The van der Waals surface area contributed by atoms with Crippen molar-refractivity contribution in [1.29, 1.82) is 0 Å². The summed E-state index contributed by atoms with van der Waals surface area (Å²) in [4.78, 5) is 14.9. The van der Waals surface area contributed by atoms with Gasteiger partial charge in [-0.2, -0.15) is 0 Å². The van der Waals surface area contributed by atoms with E-state index in [9.17, 15) is 4.79 Å². The van der Waals surface area contributed by atoms with Crippen LogP contribution in [0.2, 0.25) is 16.6 Å². The molecule has 0 fully saturated rings. The van der Waals surface area contributed by atoms with Gasteiger partial charge in [0.15, 0.2) is 5.78 Å². The molecule has 0 radical (unpaired) electrons. The number of benzene rings is 2. The summed E-state index contributed by atoms with van der Waals surface area (Å²) in [5.74, 6) is 0.00403. The Hall–Kier alpha value is -1.97. The molecule has 2 nitrogen and oxygen atoms in total. The molecule has 184 valence electrons. The molecule has 0 unspecified atom stereocenters. The molecular weight excluding hydrogens is 432 g/mol. The van der Waals surface area contributed by atoms with Gasteiger partial charge in [-0.05, 0) is 44.9 Å². The highest BCUT2D eigenvalue weighted by Gasteiger charge is 2.61. The van der Waals surface area contributed by atoms with E-state index >= 15 is 0 Å². The number of carbonyl (C=O) groups is 1. The smallest absolute Gasteiger partial charge is 0.166 e. The minimum Gasteiger partial charge on any atom is -0.372 e. The van der Waals surface area contributed by atoms with Crippen LogP contribution in [0.3, 0.4) is 0 Å². The van der Waals surface area contributed by atoms with Gasteiger partial charge in [0.1, 0.15) is 5.60 Å². The van der Waals surface area contributed by atoms with E-state index in [0.29, 0.717) is 22.4 Å². The number of ether oxygens (including phenoxy) is 1. The van der Waals surface area contributed by atoms with Gasteiger partial charge < -0.3 is 4.74 Å².